The molecule has 0 bridgehead atoms. The van der Waals surface area contributed by atoms with Crippen LogP contribution in [0.15, 0.2) is 24.3 Å². The lowest BCUT2D eigenvalue weighted by atomic mass is 10.1. The molecule has 0 spiro atoms. The van der Waals surface area contributed by atoms with Crippen LogP contribution in [0.1, 0.15) is 20.8 Å². The summed E-state index contributed by atoms with van der Waals surface area (Å²) in [6, 6.07) is 9.09. The fourth-order valence-corrected chi connectivity index (χ4v) is 2.19. The van der Waals surface area contributed by atoms with Crippen molar-refractivity contribution in [2.45, 2.75) is 32.4 Å². The van der Waals surface area contributed by atoms with Gasteiger partial charge in [0.15, 0.2) is 0 Å². The first kappa shape index (κ1) is 16.3. The van der Waals surface area contributed by atoms with E-state index in [2.05, 4.69) is 16.7 Å². The highest BCUT2D eigenvalue weighted by atomic mass is 16.6. The standard InChI is InChI=1S/C16H22N3O3/c1-16(2,3)22-14(20)13-11-17-9-10-19(13)15(21)18-12-7-5-4-6-8-12/h4-7,13,17H,9-11H2,1-3H3,(H,18,21). The lowest BCUT2D eigenvalue weighted by Crippen LogP contribution is -2.59. The molecular weight excluding hydrogens is 282 g/mol. The summed E-state index contributed by atoms with van der Waals surface area (Å²) in [4.78, 5) is 26.2. The van der Waals surface area contributed by atoms with Crippen LogP contribution in [0.2, 0.25) is 0 Å². The lowest BCUT2D eigenvalue weighted by molar-refractivity contribution is -0.160. The van der Waals surface area contributed by atoms with Crippen molar-refractivity contribution < 1.29 is 14.3 Å². The van der Waals surface area contributed by atoms with Gasteiger partial charge in [0.05, 0.1) is 5.69 Å². The number of piperazine rings is 1. The quantitative estimate of drug-likeness (QED) is 0.815. The van der Waals surface area contributed by atoms with Gasteiger partial charge in [-0.05, 0) is 26.8 Å². The normalized spacial score (nSPS) is 18.7. The Morgan fingerprint density at radius 3 is 2.82 bits per heavy atom. The van der Waals surface area contributed by atoms with E-state index in [4.69, 9.17) is 4.74 Å². The van der Waals surface area contributed by atoms with Crippen molar-refractivity contribution in [3.05, 3.63) is 30.3 Å². The Kier molecular flexibility index (Phi) is 5.03. The van der Waals surface area contributed by atoms with E-state index in [1.807, 2.05) is 32.9 Å². The van der Waals surface area contributed by atoms with Gasteiger partial charge in [-0.3, -0.25) is 0 Å². The predicted octanol–water partition coefficient (Wildman–Crippen LogP) is 1.63. The second kappa shape index (κ2) is 6.79. The molecule has 1 unspecified atom stereocenters. The summed E-state index contributed by atoms with van der Waals surface area (Å²) in [5.74, 6) is -0.396. The second-order valence-electron chi connectivity index (χ2n) is 6.15. The molecule has 1 aromatic rings. The Bertz CT molecular complexity index is 525. The van der Waals surface area contributed by atoms with Crippen LogP contribution in [-0.2, 0) is 9.53 Å². The maximum absolute atomic E-state index is 12.4. The largest absolute Gasteiger partial charge is 0.458 e. The number of hydrogen-bond acceptors (Lipinski definition) is 4. The van der Waals surface area contributed by atoms with Gasteiger partial charge in [0, 0.05) is 25.7 Å². The molecule has 1 atom stereocenters. The molecule has 1 fully saturated rings. The number of esters is 1. The van der Waals surface area contributed by atoms with Crippen LogP contribution >= 0.6 is 0 Å². The van der Waals surface area contributed by atoms with E-state index in [0.29, 0.717) is 25.3 Å². The molecule has 119 valence electrons. The van der Waals surface area contributed by atoms with Crippen LogP contribution in [0.4, 0.5) is 10.5 Å². The summed E-state index contributed by atoms with van der Waals surface area (Å²) in [6.07, 6.45) is 0. The molecule has 1 aliphatic rings. The van der Waals surface area contributed by atoms with Gasteiger partial charge in [-0.15, -0.1) is 0 Å². The van der Waals surface area contributed by atoms with Gasteiger partial charge in [0.2, 0.25) is 0 Å². The maximum atomic E-state index is 12.4. The van der Waals surface area contributed by atoms with E-state index in [1.165, 1.54) is 4.90 Å². The van der Waals surface area contributed by atoms with Crippen molar-refractivity contribution in [1.82, 2.24) is 10.2 Å². The van der Waals surface area contributed by atoms with Gasteiger partial charge in [0.25, 0.3) is 0 Å². The van der Waals surface area contributed by atoms with Crippen LogP contribution in [0.3, 0.4) is 0 Å². The lowest BCUT2D eigenvalue weighted by Gasteiger charge is -2.36. The highest BCUT2D eigenvalue weighted by Crippen LogP contribution is 2.14. The summed E-state index contributed by atoms with van der Waals surface area (Å²) < 4.78 is 5.40. The topological polar surface area (TPSA) is 70.7 Å². The van der Waals surface area contributed by atoms with Gasteiger partial charge in [-0.25, -0.2) is 9.59 Å². The molecule has 2 rings (SSSR count). The zero-order valence-corrected chi connectivity index (χ0v) is 13.2. The molecule has 22 heavy (non-hydrogen) atoms. The van der Waals surface area contributed by atoms with Crippen molar-refractivity contribution in [3.8, 4) is 0 Å². The van der Waals surface area contributed by atoms with Gasteiger partial charge in [-0.2, -0.15) is 0 Å². The van der Waals surface area contributed by atoms with Gasteiger partial charge < -0.3 is 20.3 Å². The van der Waals surface area contributed by atoms with Gasteiger partial charge in [-0.1, -0.05) is 18.2 Å². The molecule has 2 N–H and O–H groups in total. The Balaban J connectivity index is 2.05. The zero-order chi connectivity index (χ0) is 16.2. The van der Waals surface area contributed by atoms with E-state index >= 15 is 0 Å². The van der Waals surface area contributed by atoms with Crippen LogP contribution in [-0.4, -0.2) is 48.2 Å². The second-order valence-corrected chi connectivity index (χ2v) is 6.15. The number of urea groups is 1. The molecular formula is C16H22N3O3. The first-order valence-corrected chi connectivity index (χ1v) is 7.35. The molecule has 0 saturated carbocycles. The summed E-state index contributed by atoms with van der Waals surface area (Å²) in [5.41, 5.74) is -0.00173. The highest BCUT2D eigenvalue weighted by molar-refractivity contribution is 5.92. The number of anilines is 1. The summed E-state index contributed by atoms with van der Waals surface area (Å²) in [6.45, 7) is 6.91. The van der Waals surface area contributed by atoms with E-state index in [-0.39, 0.29) is 6.03 Å². The molecule has 1 saturated heterocycles. The molecule has 0 aliphatic carbocycles. The minimum absolute atomic E-state index is 0.320. The maximum Gasteiger partial charge on any atom is 0.330 e. The van der Waals surface area contributed by atoms with Crippen LogP contribution in [0.5, 0.6) is 0 Å². The average Bonchev–Trinajstić information content (AvgIpc) is 2.46. The predicted molar refractivity (Wildman–Crippen MR) is 83.5 cm³/mol. The molecule has 6 heteroatoms. The monoisotopic (exact) mass is 304 g/mol. The molecule has 0 aromatic heterocycles. The number of ether oxygens (including phenoxy) is 1. The Morgan fingerprint density at radius 1 is 1.41 bits per heavy atom. The van der Waals surface area contributed by atoms with Crippen molar-refractivity contribution in [2.75, 3.05) is 25.0 Å². The number of nitrogens with zero attached hydrogens (tertiary/aromatic N) is 1. The van der Waals surface area contributed by atoms with Crippen LogP contribution in [0.25, 0.3) is 0 Å². The fourth-order valence-electron chi connectivity index (χ4n) is 2.19. The third-order valence-corrected chi connectivity index (χ3v) is 3.13. The van der Waals surface area contributed by atoms with E-state index in [9.17, 15) is 9.59 Å². The average molecular weight is 304 g/mol. The summed E-state index contributed by atoms with van der Waals surface area (Å²) in [7, 11) is 0. The van der Waals surface area contributed by atoms with Crippen molar-refractivity contribution in [1.29, 1.82) is 0 Å². The Morgan fingerprint density at radius 2 is 2.18 bits per heavy atom. The zero-order valence-electron chi connectivity index (χ0n) is 13.2. The fraction of sp³-hybridized carbons (Fsp3) is 0.500. The highest BCUT2D eigenvalue weighted by Gasteiger charge is 2.35. The number of carbonyl (C=O) groups is 2. The molecule has 1 heterocycles. The van der Waals surface area contributed by atoms with Crippen molar-refractivity contribution in [3.63, 3.8) is 0 Å². The summed E-state index contributed by atoms with van der Waals surface area (Å²) in [5, 5.41) is 5.88. The van der Waals surface area contributed by atoms with Crippen molar-refractivity contribution >= 4 is 17.7 Å². The number of carbonyl (C=O) groups excluding carboxylic acids is 2. The number of amides is 2. The molecule has 1 radical (unpaired) electrons. The molecule has 1 aromatic carbocycles. The molecule has 1 aliphatic heterocycles. The number of benzene rings is 1. The number of para-hydroxylation sites is 1. The number of rotatable bonds is 2. The number of nitrogens with one attached hydrogen (secondary N) is 2. The third kappa shape index (κ3) is 4.46. The SMILES string of the molecule is CC(C)(C)OC(=O)C1CNCCN1C(=O)Nc1[c]cccc1. The molecule has 2 amide bonds. The smallest absolute Gasteiger partial charge is 0.330 e. The van der Waals surface area contributed by atoms with Crippen molar-refractivity contribution in [2.24, 2.45) is 0 Å². The number of hydrogen-bond donors (Lipinski definition) is 2. The van der Waals surface area contributed by atoms with E-state index < -0.39 is 17.6 Å². The Labute approximate surface area is 130 Å². The first-order valence-electron chi connectivity index (χ1n) is 7.35. The van der Waals surface area contributed by atoms with Crippen LogP contribution < -0.4 is 10.6 Å². The minimum atomic E-state index is -0.628. The summed E-state index contributed by atoms with van der Waals surface area (Å²) >= 11 is 0. The van der Waals surface area contributed by atoms with E-state index in [0.717, 1.165) is 0 Å². The first-order chi connectivity index (χ1) is 10.4. The van der Waals surface area contributed by atoms with Gasteiger partial charge >= 0.3 is 12.0 Å². The molecule has 6 nitrogen and oxygen atoms in total. The minimum Gasteiger partial charge on any atom is -0.458 e. The Hall–Kier alpha value is -2.08. The van der Waals surface area contributed by atoms with E-state index in [1.54, 1.807) is 12.1 Å². The van der Waals surface area contributed by atoms with Gasteiger partial charge in [0.1, 0.15) is 11.6 Å². The van der Waals surface area contributed by atoms with Crippen LogP contribution in [0, 0.1) is 6.07 Å². The third-order valence-electron chi connectivity index (χ3n) is 3.13.